The fourth-order valence-corrected chi connectivity index (χ4v) is 5.20. The van der Waals surface area contributed by atoms with Crippen LogP contribution in [0.2, 0.25) is 0 Å². The molecule has 1 aromatic heterocycles. The first kappa shape index (κ1) is 19.6. The second-order valence-electron chi connectivity index (χ2n) is 7.69. The molecule has 1 aliphatic carbocycles. The van der Waals surface area contributed by atoms with E-state index in [2.05, 4.69) is 21.9 Å². The van der Waals surface area contributed by atoms with Gasteiger partial charge in [-0.25, -0.2) is 4.98 Å². The molecular formula is C22H29N3O2S. The number of hydrogen-bond donors (Lipinski definition) is 0. The Morgan fingerprint density at radius 2 is 1.93 bits per heavy atom. The van der Waals surface area contributed by atoms with Crippen molar-refractivity contribution in [3.05, 3.63) is 40.9 Å². The molecule has 0 atom stereocenters. The maximum absolute atomic E-state index is 13.5. The fraction of sp³-hybridized carbons (Fsp3) is 0.545. The van der Waals surface area contributed by atoms with E-state index in [1.807, 2.05) is 25.1 Å². The number of benzene rings is 1. The Kier molecular flexibility index (Phi) is 6.40. The minimum Gasteiger partial charge on any atom is -0.379 e. The lowest BCUT2D eigenvalue weighted by Gasteiger charge is -2.33. The highest BCUT2D eigenvalue weighted by Crippen LogP contribution is 2.31. The van der Waals surface area contributed by atoms with Crippen LogP contribution < -0.4 is 0 Å². The van der Waals surface area contributed by atoms with E-state index in [4.69, 9.17) is 9.72 Å². The van der Waals surface area contributed by atoms with Crippen LogP contribution in [0.25, 0.3) is 10.6 Å². The number of nitrogens with zero attached hydrogens (tertiary/aromatic N) is 3. The van der Waals surface area contributed by atoms with Crippen LogP contribution in [0.15, 0.2) is 30.3 Å². The summed E-state index contributed by atoms with van der Waals surface area (Å²) < 4.78 is 5.45. The molecule has 0 spiro atoms. The van der Waals surface area contributed by atoms with Gasteiger partial charge in [0.05, 0.1) is 18.9 Å². The molecule has 4 rings (SSSR count). The number of hydrogen-bond acceptors (Lipinski definition) is 5. The first-order valence-corrected chi connectivity index (χ1v) is 11.2. The zero-order valence-electron chi connectivity index (χ0n) is 16.6. The zero-order valence-corrected chi connectivity index (χ0v) is 17.4. The lowest BCUT2D eigenvalue weighted by molar-refractivity contribution is 0.0298. The van der Waals surface area contributed by atoms with Crippen LogP contribution in [0, 0.1) is 6.92 Å². The quantitative estimate of drug-likeness (QED) is 0.740. The predicted octanol–water partition coefficient (Wildman–Crippen LogP) is 3.84. The number of carbonyl (C=O) groups excluding carboxylic acids is 1. The Hall–Kier alpha value is -1.76. The van der Waals surface area contributed by atoms with Gasteiger partial charge < -0.3 is 9.64 Å². The van der Waals surface area contributed by atoms with E-state index in [1.54, 1.807) is 0 Å². The van der Waals surface area contributed by atoms with E-state index in [1.165, 1.54) is 24.2 Å². The van der Waals surface area contributed by atoms with Gasteiger partial charge in [0.1, 0.15) is 9.88 Å². The highest BCUT2D eigenvalue weighted by atomic mass is 32.1. The SMILES string of the molecule is Cc1nc(-c2ccccc2)sc1C(=O)N(CCN1CCOCC1)C1CCCC1. The second kappa shape index (κ2) is 9.16. The van der Waals surface area contributed by atoms with Crippen molar-refractivity contribution in [2.75, 3.05) is 39.4 Å². The minimum absolute atomic E-state index is 0.164. The van der Waals surface area contributed by atoms with Crippen LogP contribution in [0.1, 0.15) is 41.0 Å². The molecule has 2 fully saturated rings. The monoisotopic (exact) mass is 399 g/mol. The molecule has 1 amide bonds. The summed E-state index contributed by atoms with van der Waals surface area (Å²) in [5, 5.41) is 0.931. The topological polar surface area (TPSA) is 45.7 Å². The standard InChI is InChI=1S/C22H29N3O2S/c1-17-20(28-21(23-17)18-7-3-2-4-8-18)22(26)25(19-9-5-6-10-19)12-11-24-13-15-27-16-14-24/h2-4,7-8,19H,5-6,9-16H2,1H3. The molecule has 2 aliphatic rings. The molecule has 1 aliphatic heterocycles. The summed E-state index contributed by atoms with van der Waals surface area (Å²) in [7, 11) is 0. The van der Waals surface area contributed by atoms with Gasteiger partial charge in [0.25, 0.3) is 5.91 Å². The molecule has 6 heteroatoms. The van der Waals surface area contributed by atoms with E-state index < -0.39 is 0 Å². The number of thiazole rings is 1. The molecule has 2 aromatic rings. The summed E-state index contributed by atoms with van der Waals surface area (Å²) in [6.45, 7) is 7.20. The molecule has 2 heterocycles. The molecule has 150 valence electrons. The Morgan fingerprint density at radius 1 is 1.21 bits per heavy atom. The number of ether oxygens (including phenoxy) is 1. The van der Waals surface area contributed by atoms with Gasteiger partial charge in [-0.15, -0.1) is 11.3 Å². The average molecular weight is 400 g/mol. The molecule has 5 nitrogen and oxygen atoms in total. The van der Waals surface area contributed by atoms with Crippen molar-refractivity contribution >= 4 is 17.2 Å². The summed E-state index contributed by atoms with van der Waals surface area (Å²) in [5.41, 5.74) is 1.93. The number of amides is 1. The Balaban J connectivity index is 1.52. The predicted molar refractivity (Wildman–Crippen MR) is 113 cm³/mol. The van der Waals surface area contributed by atoms with Gasteiger partial charge in [0.2, 0.25) is 0 Å². The highest BCUT2D eigenvalue weighted by molar-refractivity contribution is 7.17. The third-order valence-electron chi connectivity index (χ3n) is 5.80. The zero-order chi connectivity index (χ0) is 19.3. The summed E-state index contributed by atoms with van der Waals surface area (Å²) in [6.07, 6.45) is 4.70. The van der Waals surface area contributed by atoms with E-state index in [0.717, 1.165) is 73.4 Å². The second-order valence-corrected chi connectivity index (χ2v) is 8.69. The van der Waals surface area contributed by atoms with Gasteiger partial charge in [0, 0.05) is 37.8 Å². The Bertz CT molecular complexity index is 780. The third-order valence-corrected chi connectivity index (χ3v) is 6.99. The molecule has 1 saturated carbocycles. The molecule has 0 N–H and O–H groups in total. The summed E-state index contributed by atoms with van der Waals surface area (Å²) in [6, 6.07) is 10.5. The van der Waals surface area contributed by atoms with E-state index >= 15 is 0 Å². The van der Waals surface area contributed by atoms with Crippen LogP contribution in [0.5, 0.6) is 0 Å². The molecule has 0 radical (unpaired) electrons. The normalized spacial score (nSPS) is 18.5. The maximum atomic E-state index is 13.5. The van der Waals surface area contributed by atoms with Crippen molar-refractivity contribution < 1.29 is 9.53 Å². The summed E-state index contributed by atoms with van der Waals surface area (Å²) in [5.74, 6) is 0.164. The van der Waals surface area contributed by atoms with Crippen LogP contribution in [0.4, 0.5) is 0 Å². The van der Waals surface area contributed by atoms with Gasteiger partial charge in [0.15, 0.2) is 0 Å². The molecular weight excluding hydrogens is 370 g/mol. The van der Waals surface area contributed by atoms with Gasteiger partial charge in [-0.2, -0.15) is 0 Å². The number of rotatable bonds is 6. The van der Waals surface area contributed by atoms with Crippen LogP contribution in [-0.4, -0.2) is 66.1 Å². The molecule has 28 heavy (non-hydrogen) atoms. The van der Waals surface area contributed by atoms with Gasteiger partial charge in [-0.3, -0.25) is 9.69 Å². The number of aromatic nitrogens is 1. The first-order valence-electron chi connectivity index (χ1n) is 10.4. The summed E-state index contributed by atoms with van der Waals surface area (Å²) in [4.78, 5) is 23.6. The Labute approximate surface area is 171 Å². The van der Waals surface area contributed by atoms with Crippen molar-refractivity contribution in [3.8, 4) is 10.6 Å². The van der Waals surface area contributed by atoms with E-state index in [0.29, 0.717) is 6.04 Å². The van der Waals surface area contributed by atoms with Crippen molar-refractivity contribution in [1.29, 1.82) is 0 Å². The number of aryl methyl sites for hydroxylation is 1. The average Bonchev–Trinajstić information content (AvgIpc) is 3.39. The molecule has 0 unspecified atom stereocenters. The minimum atomic E-state index is 0.164. The Morgan fingerprint density at radius 3 is 2.64 bits per heavy atom. The van der Waals surface area contributed by atoms with Crippen LogP contribution >= 0.6 is 11.3 Å². The van der Waals surface area contributed by atoms with Crippen LogP contribution in [0.3, 0.4) is 0 Å². The number of carbonyl (C=O) groups is 1. The largest absolute Gasteiger partial charge is 0.379 e. The van der Waals surface area contributed by atoms with Gasteiger partial charge in [-0.05, 0) is 19.8 Å². The van der Waals surface area contributed by atoms with E-state index in [9.17, 15) is 4.79 Å². The van der Waals surface area contributed by atoms with Gasteiger partial charge in [-0.1, -0.05) is 43.2 Å². The third kappa shape index (κ3) is 4.45. The smallest absolute Gasteiger partial charge is 0.266 e. The first-order chi connectivity index (χ1) is 13.7. The number of morpholine rings is 1. The fourth-order valence-electron chi connectivity index (χ4n) is 4.17. The highest BCUT2D eigenvalue weighted by Gasteiger charge is 2.30. The lowest BCUT2D eigenvalue weighted by atomic mass is 10.2. The van der Waals surface area contributed by atoms with Crippen molar-refractivity contribution in [1.82, 2.24) is 14.8 Å². The maximum Gasteiger partial charge on any atom is 0.266 e. The van der Waals surface area contributed by atoms with Crippen LogP contribution in [-0.2, 0) is 4.74 Å². The van der Waals surface area contributed by atoms with Crippen molar-refractivity contribution in [3.63, 3.8) is 0 Å². The lowest BCUT2D eigenvalue weighted by Crippen LogP contribution is -2.46. The van der Waals surface area contributed by atoms with Crippen molar-refractivity contribution in [2.45, 2.75) is 38.6 Å². The van der Waals surface area contributed by atoms with E-state index in [-0.39, 0.29) is 5.91 Å². The molecule has 1 aromatic carbocycles. The van der Waals surface area contributed by atoms with Gasteiger partial charge >= 0.3 is 0 Å². The van der Waals surface area contributed by atoms with Crippen molar-refractivity contribution in [2.24, 2.45) is 0 Å². The molecule has 1 saturated heterocycles. The summed E-state index contributed by atoms with van der Waals surface area (Å²) >= 11 is 1.53. The molecule has 0 bridgehead atoms.